The van der Waals surface area contributed by atoms with E-state index < -0.39 is 0 Å². The first-order chi connectivity index (χ1) is 12.7. The average Bonchev–Trinajstić information content (AvgIpc) is 2.97. The molecule has 0 unspecified atom stereocenters. The molecule has 0 atom stereocenters. The number of morpholine rings is 1. The number of rotatable bonds is 3. The SMILES string of the molecule is Cc1nc(CN2CCOC(C)(C)C2)c2cc(C3CCC(C)(C)CC3)sc2n1. The van der Waals surface area contributed by atoms with Gasteiger partial charge in [-0.05, 0) is 63.9 Å². The highest BCUT2D eigenvalue weighted by molar-refractivity contribution is 7.18. The average molecular weight is 388 g/mol. The highest BCUT2D eigenvalue weighted by Gasteiger charge is 2.30. The van der Waals surface area contributed by atoms with Gasteiger partial charge in [0.2, 0.25) is 0 Å². The molecule has 1 aliphatic carbocycles. The van der Waals surface area contributed by atoms with Gasteiger partial charge in [0.05, 0.1) is 17.9 Å². The van der Waals surface area contributed by atoms with E-state index in [0.29, 0.717) is 11.3 Å². The first kappa shape index (κ1) is 19.3. The van der Waals surface area contributed by atoms with Crippen LogP contribution in [0.2, 0.25) is 0 Å². The Balaban J connectivity index is 1.59. The molecule has 1 saturated heterocycles. The Morgan fingerprint density at radius 2 is 1.93 bits per heavy atom. The van der Waals surface area contributed by atoms with Crippen molar-refractivity contribution in [3.8, 4) is 0 Å². The highest BCUT2D eigenvalue weighted by atomic mass is 32.1. The van der Waals surface area contributed by atoms with Gasteiger partial charge < -0.3 is 4.74 Å². The molecule has 4 rings (SSSR count). The molecule has 1 saturated carbocycles. The van der Waals surface area contributed by atoms with Crippen LogP contribution in [-0.4, -0.2) is 40.2 Å². The molecule has 148 valence electrons. The molecule has 5 heteroatoms. The standard InChI is InChI=1S/C22H33N3OS/c1-15-23-18(13-25-10-11-26-22(4,5)14-25)17-12-19(27-20(17)24-15)16-6-8-21(2,3)9-7-16/h12,16H,6-11,13-14H2,1-5H3. The van der Waals surface area contributed by atoms with Crippen LogP contribution >= 0.6 is 11.3 Å². The van der Waals surface area contributed by atoms with E-state index in [2.05, 4.69) is 38.7 Å². The summed E-state index contributed by atoms with van der Waals surface area (Å²) >= 11 is 1.90. The first-order valence-corrected chi connectivity index (χ1v) is 11.2. The number of thiophene rings is 1. The van der Waals surface area contributed by atoms with E-state index in [1.165, 1.54) is 46.5 Å². The van der Waals surface area contributed by atoms with Gasteiger partial charge in [-0.15, -0.1) is 11.3 Å². The number of ether oxygens (including phenoxy) is 1. The number of aromatic nitrogens is 2. The Labute approximate surface area is 167 Å². The molecule has 0 radical (unpaired) electrons. The zero-order chi connectivity index (χ0) is 19.2. The Morgan fingerprint density at radius 3 is 2.63 bits per heavy atom. The first-order valence-electron chi connectivity index (χ1n) is 10.3. The monoisotopic (exact) mass is 387 g/mol. The minimum Gasteiger partial charge on any atom is -0.373 e. The summed E-state index contributed by atoms with van der Waals surface area (Å²) in [6.07, 6.45) is 5.26. The summed E-state index contributed by atoms with van der Waals surface area (Å²) in [6, 6.07) is 2.41. The van der Waals surface area contributed by atoms with E-state index in [0.717, 1.165) is 32.1 Å². The molecule has 0 N–H and O–H groups in total. The maximum absolute atomic E-state index is 5.87. The Bertz CT molecular complexity index is 816. The molecule has 27 heavy (non-hydrogen) atoms. The third-order valence-electron chi connectivity index (χ3n) is 6.22. The van der Waals surface area contributed by atoms with E-state index in [1.54, 1.807) is 0 Å². The number of nitrogens with zero attached hydrogens (tertiary/aromatic N) is 3. The zero-order valence-corrected chi connectivity index (χ0v) is 18.3. The number of hydrogen-bond acceptors (Lipinski definition) is 5. The molecule has 2 aromatic heterocycles. The lowest BCUT2D eigenvalue weighted by Gasteiger charge is -2.38. The van der Waals surface area contributed by atoms with E-state index in [-0.39, 0.29) is 5.60 Å². The summed E-state index contributed by atoms with van der Waals surface area (Å²) in [4.78, 5) is 14.8. The number of aryl methyl sites for hydroxylation is 1. The third kappa shape index (κ3) is 4.36. The summed E-state index contributed by atoms with van der Waals surface area (Å²) in [5.41, 5.74) is 1.63. The molecule has 4 nitrogen and oxygen atoms in total. The van der Waals surface area contributed by atoms with Crippen molar-refractivity contribution in [3.63, 3.8) is 0 Å². The van der Waals surface area contributed by atoms with Gasteiger partial charge in [-0.2, -0.15) is 0 Å². The van der Waals surface area contributed by atoms with Gasteiger partial charge in [0.1, 0.15) is 10.7 Å². The fourth-order valence-corrected chi connectivity index (χ4v) is 5.85. The Hall–Kier alpha value is -1.04. The summed E-state index contributed by atoms with van der Waals surface area (Å²) in [7, 11) is 0. The maximum atomic E-state index is 5.87. The molecule has 0 spiro atoms. The van der Waals surface area contributed by atoms with Crippen LogP contribution in [0.25, 0.3) is 10.2 Å². The minimum absolute atomic E-state index is 0.0753. The molecule has 2 fully saturated rings. The fourth-order valence-electron chi connectivity index (χ4n) is 4.58. The van der Waals surface area contributed by atoms with Crippen LogP contribution < -0.4 is 0 Å². The van der Waals surface area contributed by atoms with E-state index in [9.17, 15) is 0 Å². The molecule has 2 aliphatic rings. The van der Waals surface area contributed by atoms with Gasteiger partial charge in [-0.25, -0.2) is 9.97 Å². The van der Waals surface area contributed by atoms with Gasteiger partial charge in [0.15, 0.2) is 0 Å². The Kier molecular flexibility index (Phi) is 5.06. The topological polar surface area (TPSA) is 38.2 Å². The third-order valence-corrected chi connectivity index (χ3v) is 7.41. The van der Waals surface area contributed by atoms with Gasteiger partial charge in [-0.3, -0.25) is 4.90 Å². The highest BCUT2D eigenvalue weighted by Crippen LogP contribution is 2.45. The number of hydrogen-bond donors (Lipinski definition) is 0. The lowest BCUT2D eigenvalue weighted by molar-refractivity contribution is -0.0884. The summed E-state index contributed by atoms with van der Waals surface area (Å²) in [6.45, 7) is 14.8. The molecule has 0 bridgehead atoms. The smallest absolute Gasteiger partial charge is 0.127 e. The molecule has 1 aliphatic heterocycles. The van der Waals surface area contributed by atoms with Gasteiger partial charge in [-0.1, -0.05) is 13.8 Å². The van der Waals surface area contributed by atoms with Crippen LogP contribution in [0.4, 0.5) is 0 Å². The van der Waals surface area contributed by atoms with Crippen molar-refractivity contribution >= 4 is 21.6 Å². The van der Waals surface area contributed by atoms with Crippen LogP contribution in [0, 0.1) is 12.3 Å². The second kappa shape index (κ2) is 7.09. The van der Waals surface area contributed by atoms with Crippen molar-refractivity contribution in [3.05, 3.63) is 22.5 Å². The van der Waals surface area contributed by atoms with Crippen LogP contribution in [0.15, 0.2) is 6.07 Å². The minimum atomic E-state index is -0.0753. The van der Waals surface area contributed by atoms with Crippen molar-refractivity contribution in [1.82, 2.24) is 14.9 Å². The van der Waals surface area contributed by atoms with Crippen LogP contribution in [-0.2, 0) is 11.3 Å². The van der Waals surface area contributed by atoms with Crippen LogP contribution in [0.5, 0.6) is 0 Å². The molecule has 0 aromatic carbocycles. The summed E-state index contributed by atoms with van der Waals surface area (Å²) < 4.78 is 5.87. The quantitative estimate of drug-likeness (QED) is 0.717. The second-order valence-electron chi connectivity index (χ2n) is 9.84. The molecule has 0 amide bonds. The van der Waals surface area contributed by atoms with Crippen molar-refractivity contribution in [2.75, 3.05) is 19.7 Å². The van der Waals surface area contributed by atoms with Crippen LogP contribution in [0.1, 0.15) is 75.7 Å². The second-order valence-corrected chi connectivity index (χ2v) is 10.9. The van der Waals surface area contributed by atoms with Crippen LogP contribution in [0.3, 0.4) is 0 Å². The zero-order valence-electron chi connectivity index (χ0n) is 17.5. The Morgan fingerprint density at radius 1 is 1.19 bits per heavy atom. The number of fused-ring (bicyclic) bond motifs is 1. The fraction of sp³-hybridized carbons (Fsp3) is 0.727. The molecular weight excluding hydrogens is 354 g/mol. The molecular formula is C22H33N3OS. The largest absolute Gasteiger partial charge is 0.373 e. The predicted octanol–water partition coefficient (Wildman–Crippen LogP) is 5.29. The van der Waals surface area contributed by atoms with E-state index in [1.807, 2.05) is 18.3 Å². The lowest BCUT2D eigenvalue weighted by Crippen LogP contribution is -2.47. The summed E-state index contributed by atoms with van der Waals surface area (Å²) in [5.74, 6) is 1.59. The normalized spacial score (nSPS) is 23.7. The van der Waals surface area contributed by atoms with Crippen molar-refractivity contribution in [2.24, 2.45) is 5.41 Å². The van der Waals surface area contributed by atoms with Crippen molar-refractivity contribution in [1.29, 1.82) is 0 Å². The van der Waals surface area contributed by atoms with E-state index in [4.69, 9.17) is 14.7 Å². The maximum Gasteiger partial charge on any atom is 0.127 e. The van der Waals surface area contributed by atoms with Gasteiger partial charge >= 0.3 is 0 Å². The van der Waals surface area contributed by atoms with Gasteiger partial charge in [0.25, 0.3) is 0 Å². The van der Waals surface area contributed by atoms with Crippen molar-refractivity contribution < 1.29 is 4.74 Å². The lowest BCUT2D eigenvalue weighted by atomic mass is 9.73. The summed E-state index contributed by atoms with van der Waals surface area (Å²) in [5, 5.41) is 1.27. The molecule has 3 heterocycles. The van der Waals surface area contributed by atoms with Gasteiger partial charge in [0, 0.05) is 29.9 Å². The molecule has 2 aromatic rings. The van der Waals surface area contributed by atoms with Crippen molar-refractivity contribution in [2.45, 2.75) is 78.4 Å². The predicted molar refractivity (Wildman–Crippen MR) is 112 cm³/mol. The van der Waals surface area contributed by atoms with E-state index >= 15 is 0 Å².